The Bertz CT molecular complexity index is 1010. The van der Waals surface area contributed by atoms with E-state index >= 15 is 0 Å². The van der Waals surface area contributed by atoms with Crippen molar-refractivity contribution in [1.82, 2.24) is 0 Å². The number of benzene rings is 3. The molecule has 0 atom stereocenters. The zero-order valence-electron chi connectivity index (χ0n) is 15.9. The maximum absolute atomic E-state index is 2.49. The van der Waals surface area contributed by atoms with Gasteiger partial charge in [0, 0.05) is 16.8 Å². The molecule has 2 aliphatic rings. The van der Waals surface area contributed by atoms with Crippen molar-refractivity contribution in [2.45, 2.75) is 33.1 Å². The molecule has 2 heterocycles. The van der Waals surface area contributed by atoms with Crippen LogP contribution in [-0.2, 0) is 5.41 Å². The number of para-hydroxylation sites is 2. The van der Waals surface area contributed by atoms with Gasteiger partial charge in [-0.1, -0.05) is 50.2 Å². The van der Waals surface area contributed by atoms with Gasteiger partial charge in [-0.05, 0) is 60.4 Å². The average Bonchev–Trinajstić information content (AvgIpc) is 3.00. The summed E-state index contributed by atoms with van der Waals surface area (Å²) < 4.78 is 0. The Morgan fingerprint density at radius 1 is 0.731 bits per heavy atom. The second-order valence-electron chi connectivity index (χ2n) is 8.16. The zero-order chi connectivity index (χ0) is 18.1. The van der Waals surface area contributed by atoms with Crippen molar-refractivity contribution < 1.29 is 0 Å². The summed E-state index contributed by atoms with van der Waals surface area (Å²) >= 11 is 0. The molecule has 130 valence electrons. The van der Waals surface area contributed by atoms with Crippen LogP contribution in [-0.4, -0.2) is 6.67 Å². The van der Waals surface area contributed by atoms with Crippen molar-refractivity contribution in [3.63, 3.8) is 0 Å². The lowest BCUT2D eigenvalue weighted by Crippen LogP contribution is -2.32. The van der Waals surface area contributed by atoms with E-state index < -0.39 is 0 Å². The van der Waals surface area contributed by atoms with E-state index in [2.05, 4.69) is 98.2 Å². The Balaban J connectivity index is 1.76. The first-order chi connectivity index (χ1) is 12.5. The molecule has 26 heavy (non-hydrogen) atoms. The number of hydrogen-bond donors (Lipinski definition) is 0. The highest BCUT2D eigenvalue weighted by atomic mass is 15.4. The number of nitrogens with zero attached hydrogens (tertiary/aromatic N) is 2. The molecule has 0 amide bonds. The molecule has 2 nitrogen and oxygen atoms in total. The van der Waals surface area contributed by atoms with Crippen LogP contribution < -0.4 is 9.80 Å². The third-order valence-electron chi connectivity index (χ3n) is 5.92. The summed E-state index contributed by atoms with van der Waals surface area (Å²) in [6.07, 6.45) is 0. The van der Waals surface area contributed by atoms with Crippen LogP contribution in [0.3, 0.4) is 0 Å². The standard InChI is InChI=1S/C24H24N2/c1-16-12-17(2)14-18(13-16)25-15-26-21-10-6-5-8-19(21)24(3,4)20-9-7-11-22(25)23(20)26/h5-14H,15H2,1-4H3. The Morgan fingerprint density at radius 2 is 1.38 bits per heavy atom. The Morgan fingerprint density at radius 3 is 2.15 bits per heavy atom. The molecular formula is C24H24N2. The molecule has 2 heteroatoms. The van der Waals surface area contributed by atoms with Gasteiger partial charge in [0.05, 0.1) is 11.4 Å². The van der Waals surface area contributed by atoms with Gasteiger partial charge in [0.2, 0.25) is 0 Å². The fourth-order valence-electron chi connectivity index (χ4n) is 4.73. The molecular weight excluding hydrogens is 316 g/mol. The van der Waals surface area contributed by atoms with E-state index in [1.165, 1.54) is 45.0 Å². The third kappa shape index (κ3) is 1.99. The summed E-state index contributed by atoms with van der Waals surface area (Å²) in [7, 11) is 0. The molecule has 0 fully saturated rings. The summed E-state index contributed by atoms with van der Waals surface area (Å²) in [4.78, 5) is 4.94. The van der Waals surface area contributed by atoms with Crippen molar-refractivity contribution in [3.05, 3.63) is 82.9 Å². The van der Waals surface area contributed by atoms with Crippen molar-refractivity contribution >= 4 is 22.7 Å². The fraction of sp³-hybridized carbons (Fsp3) is 0.250. The lowest BCUT2D eigenvalue weighted by molar-refractivity contribution is 0.629. The Kier molecular flexibility index (Phi) is 3.06. The largest absolute Gasteiger partial charge is 0.321 e. The van der Waals surface area contributed by atoms with Gasteiger partial charge in [-0.2, -0.15) is 0 Å². The Labute approximate surface area is 155 Å². The number of rotatable bonds is 1. The van der Waals surface area contributed by atoms with Gasteiger partial charge in [0.1, 0.15) is 6.67 Å². The normalized spacial score (nSPS) is 16.5. The first-order valence-electron chi connectivity index (χ1n) is 9.33. The maximum atomic E-state index is 2.49. The first kappa shape index (κ1) is 15.5. The highest BCUT2D eigenvalue weighted by molar-refractivity contribution is 5.93. The highest BCUT2D eigenvalue weighted by Gasteiger charge is 2.41. The van der Waals surface area contributed by atoms with E-state index in [1.54, 1.807) is 0 Å². The van der Waals surface area contributed by atoms with Gasteiger partial charge < -0.3 is 9.80 Å². The van der Waals surface area contributed by atoms with E-state index in [0.717, 1.165) is 6.67 Å². The lowest BCUT2D eigenvalue weighted by Gasteiger charge is -2.39. The smallest absolute Gasteiger partial charge is 0.100 e. The number of aryl methyl sites for hydroxylation is 2. The first-order valence-corrected chi connectivity index (χ1v) is 9.33. The second kappa shape index (κ2) is 5.14. The van der Waals surface area contributed by atoms with Gasteiger partial charge >= 0.3 is 0 Å². The molecule has 2 aliphatic heterocycles. The summed E-state index contributed by atoms with van der Waals surface area (Å²) in [5.74, 6) is 0. The Hall–Kier alpha value is -2.74. The van der Waals surface area contributed by atoms with Gasteiger partial charge in [0.25, 0.3) is 0 Å². The number of hydrogen-bond acceptors (Lipinski definition) is 2. The second-order valence-corrected chi connectivity index (χ2v) is 8.16. The van der Waals surface area contributed by atoms with E-state index in [-0.39, 0.29) is 5.41 Å². The van der Waals surface area contributed by atoms with Gasteiger partial charge in [-0.15, -0.1) is 0 Å². The predicted molar refractivity (Wildman–Crippen MR) is 110 cm³/mol. The zero-order valence-corrected chi connectivity index (χ0v) is 15.9. The van der Waals surface area contributed by atoms with E-state index in [9.17, 15) is 0 Å². The summed E-state index contributed by atoms with van der Waals surface area (Å²) in [5.41, 5.74) is 10.8. The van der Waals surface area contributed by atoms with Crippen molar-refractivity contribution in [2.75, 3.05) is 16.5 Å². The van der Waals surface area contributed by atoms with Crippen LogP contribution in [0.4, 0.5) is 22.7 Å². The number of anilines is 4. The van der Waals surface area contributed by atoms with Crippen LogP contribution in [0.2, 0.25) is 0 Å². The minimum Gasteiger partial charge on any atom is -0.321 e. The highest BCUT2D eigenvalue weighted by Crippen LogP contribution is 2.56. The predicted octanol–water partition coefficient (Wildman–Crippen LogP) is 6.19. The maximum Gasteiger partial charge on any atom is 0.100 e. The quantitative estimate of drug-likeness (QED) is 0.521. The van der Waals surface area contributed by atoms with Crippen molar-refractivity contribution in [1.29, 1.82) is 0 Å². The molecule has 0 spiro atoms. The van der Waals surface area contributed by atoms with Crippen molar-refractivity contribution in [2.24, 2.45) is 0 Å². The molecule has 0 bridgehead atoms. The molecule has 0 aliphatic carbocycles. The molecule has 5 rings (SSSR count). The van der Waals surface area contributed by atoms with Gasteiger partial charge in [-0.3, -0.25) is 0 Å². The van der Waals surface area contributed by atoms with Gasteiger partial charge in [-0.25, -0.2) is 0 Å². The molecule has 3 aromatic rings. The minimum atomic E-state index is 0.0109. The molecule has 0 aromatic heterocycles. The van der Waals surface area contributed by atoms with E-state index in [4.69, 9.17) is 0 Å². The van der Waals surface area contributed by atoms with Crippen LogP contribution in [0.5, 0.6) is 0 Å². The monoisotopic (exact) mass is 340 g/mol. The van der Waals surface area contributed by atoms with Crippen LogP contribution >= 0.6 is 0 Å². The minimum absolute atomic E-state index is 0.0109. The topological polar surface area (TPSA) is 6.48 Å². The van der Waals surface area contributed by atoms with E-state index in [0.29, 0.717) is 0 Å². The fourth-order valence-corrected chi connectivity index (χ4v) is 4.73. The molecule has 0 N–H and O–H groups in total. The molecule has 0 radical (unpaired) electrons. The van der Waals surface area contributed by atoms with E-state index in [1.807, 2.05) is 0 Å². The average molecular weight is 340 g/mol. The molecule has 0 saturated carbocycles. The summed E-state index contributed by atoms with van der Waals surface area (Å²) in [6, 6.07) is 22.5. The SMILES string of the molecule is Cc1cc(C)cc(N2CN3c4ccccc4C(C)(C)c4cccc2c43)c1. The van der Waals surface area contributed by atoms with Crippen molar-refractivity contribution in [3.8, 4) is 0 Å². The van der Waals surface area contributed by atoms with Gasteiger partial charge in [0.15, 0.2) is 0 Å². The van der Waals surface area contributed by atoms with Crippen LogP contribution in [0.1, 0.15) is 36.1 Å². The molecule has 0 saturated heterocycles. The third-order valence-corrected chi connectivity index (χ3v) is 5.92. The summed E-state index contributed by atoms with van der Waals surface area (Å²) in [6.45, 7) is 9.91. The molecule has 3 aromatic carbocycles. The lowest BCUT2D eigenvalue weighted by atomic mass is 9.74. The van der Waals surface area contributed by atoms with Crippen LogP contribution in [0, 0.1) is 13.8 Å². The van der Waals surface area contributed by atoms with Crippen LogP contribution in [0.25, 0.3) is 0 Å². The van der Waals surface area contributed by atoms with Crippen LogP contribution in [0.15, 0.2) is 60.7 Å². The molecule has 0 unspecified atom stereocenters. The number of fused-ring (bicyclic) bond motifs is 2. The summed E-state index contributed by atoms with van der Waals surface area (Å²) in [5, 5.41) is 0.